The van der Waals surface area contributed by atoms with E-state index in [4.69, 9.17) is 0 Å². The Balaban J connectivity index is 1.33. The highest BCUT2D eigenvalue weighted by Gasteiger charge is 2.32. The van der Waals surface area contributed by atoms with Gasteiger partial charge in [-0.05, 0) is 56.2 Å². The van der Waals surface area contributed by atoms with Crippen molar-refractivity contribution >= 4 is 39.1 Å². The van der Waals surface area contributed by atoms with Crippen LogP contribution in [-0.2, 0) is 14.8 Å². The summed E-state index contributed by atoms with van der Waals surface area (Å²) in [5, 5.41) is 5.63. The van der Waals surface area contributed by atoms with Crippen LogP contribution in [0, 0.1) is 5.92 Å². The fourth-order valence-electron chi connectivity index (χ4n) is 4.06. The van der Waals surface area contributed by atoms with Gasteiger partial charge in [0.05, 0.1) is 4.90 Å². The lowest BCUT2D eigenvalue weighted by Gasteiger charge is -2.30. The normalized spacial score (nSPS) is 17.6. The average Bonchev–Trinajstić information content (AvgIpc) is 3.25. The van der Waals surface area contributed by atoms with Gasteiger partial charge >= 0.3 is 6.03 Å². The van der Waals surface area contributed by atoms with Crippen molar-refractivity contribution in [1.29, 1.82) is 0 Å². The van der Waals surface area contributed by atoms with Crippen molar-refractivity contribution in [2.75, 3.05) is 36.4 Å². The molecule has 2 N–H and O–H groups in total. The molecule has 10 heteroatoms. The van der Waals surface area contributed by atoms with Crippen LogP contribution in [0.2, 0.25) is 0 Å². The average molecular weight is 471 g/mol. The minimum absolute atomic E-state index is 0.123. The molecule has 0 unspecified atom stereocenters. The lowest BCUT2D eigenvalue weighted by molar-refractivity contribution is -0.120. The molecule has 2 fully saturated rings. The maximum atomic E-state index is 12.9. The minimum Gasteiger partial charge on any atom is -0.336 e. The zero-order valence-corrected chi connectivity index (χ0v) is 19.1. The van der Waals surface area contributed by atoms with Crippen molar-refractivity contribution < 1.29 is 22.8 Å². The summed E-state index contributed by atoms with van der Waals surface area (Å²) >= 11 is 0. The first kappa shape index (κ1) is 22.9. The van der Waals surface area contributed by atoms with Gasteiger partial charge < -0.3 is 10.6 Å². The first-order valence-corrected chi connectivity index (χ1v) is 12.3. The molecule has 0 radical (unpaired) electrons. The fraction of sp³-hybridized carbons (Fsp3) is 0.348. The highest BCUT2D eigenvalue weighted by atomic mass is 32.2. The summed E-state index contributed by atoms with van der Waals surface area (Å²) in [5.41, 5.74) is 1.85. The van der Waals surface area contributed by atoms with Gasteiger partial charge in [0.15, 0.2) is 5.78 Å². The summed E-state index contributed by atoms with van der Waals surface area (Å²) in [6, 6.07) is 12.9. The second kappa shape index (κ2) is 9.32. The summed E-state index contributed by atoms with van der Waals surface area (Å²) in [5.74, 6) is -0.563. The van der Waals surface area contributed by atoms with Gasteiger partial charge in [-0.2, -0.15) is 4.31 Å². The molecule has 2 aromatic rings. The Morgan fingerprint density at radius 3 is 2.15 bits per heavy atom. The summed E-state index contributed by atoms with van der Waals surface area (Å²) in [6.45, 7) is 3.14. The number of amides is 3. The van der Waals surface area contributed by atoms with Crippen molar-refractivity contribution in [2.24, 2.45) is 5.92 Å². The van der Waals surface area contributed by atoms with E-state index in [0.29, 0.717) is 37.2 Å². The number of benzene rings is 2. The van der Waals surface area contributed by atoms with Gasteiger partial charge in [-0.25, -0.2) is 13.2 Å². The second-order valence-corrected chi connectivity index (χ2v) is 10.1. The van der Waals surface area contributed by atoms with E-state index in [-0.39, 0.29) is 41.6 Å². The molecule has 2 heterocycles. The van der Waals surface area contributed by atoms with E-state index in [1.54, 1.807) is 29.2 Å². The zero-order valence-electron chi connectivity index (χ0n) is 18.3. The maximum absolute atomic E-state index is 12.9. The zero-order chi connectivity index (χ0) is 23.6. The third-order valence-corrected chi connectivity index (χ3v) is 7.94. The van der Waals surface area contributed by atoms with Gasteiger partial charge in [-0.3, -0.25) is 14.5 Å². The number of rotatable bonds is 6. The van der Waals surface area contributed by atoms with E-state index in [0.717, 1.165) is 5.69 Å². The monoisotopic (exact) mass is 470 g/mol. The number of anilines is 2. The quantitative estimate of drug-likeness (QED) is 0.629. The number of piperidine rings is 1. The predicted octanol–water partition coefficient (Wildman–Crippen LogP) is 2.46. The van der Waals surface area contributed by atoms with Crippen LogP contribution in [-0.4, -0.2) is 56.6 Å². The number of hydrogen-bond acceptors (Lipinski definition) is 5. The number of sulfonamides is 1. The Kier molecular flexibility index (Phi) is 6.48. The topological polar surface area (TPSA) is 116 Å². The first-order valence-electron chi connectivity index (χ1n) is 10.8. The number of urea groups is 1. The van der Waals surface area contributed by atoms with Gasteiger partial charge in [0.2, 0.25) is 15.9 Å². The van der Waals surface area contributed by atoms with Gasteiger partial charge in [0.25, 0.3) is 0 Å². The highest BCUT2D eigenvalue weighted by Crippen LogP contribution is 2.26. The van der Waals surface area contributed by atoms with E-state index in [9.17, 15) is 22.8 Å². The van der Waals surface area contributed by atoms with E-state index in [1.807, 2.05) is 0 Å². The van der Waals surface area contributed by atoms with Gasteiger partial charge in [0, 0.05) is 49.0 Å². The number of ketones is 1. The molecule has 174 valence electrons. The summed E-state index contributed by atoms with van der Waals surface area (Å²) < 4.78 is 27.2. The molecule has 9 nitrogen and oxygen atoms in total. The van der Waals surface area contributed by atoms with Crippen molar-refractivity contribution in [3.05, 3.63) is 54.1 Å². The van der Waals surface area contributed by atoms with E-state index in [2.05, 4.69) is 10.6 Å². The molecular weight excluding hydrogens is 444 g/mol. The molecule has 0 atom stereocenters. The molecule has 33 heavy (non-hydrogen) atoms. The lowest BCUT2D eigenvalue weighted by atomic mass is 9.97. The van der Waals surface area contributed by atoms with Gasteiger partial charge in [-0.15, -0.1) is 0 Å². The van der Waals surface area contributed by atoms with E-state index >= 15 is 0 Å². The third kappa shape index (κ3) is 4.91. The number of nitrogens with one attached hydrogen (secondary N) is 2. The van der Waals surface area contributed by atoms with Gasteiger partial charge in [0.1, 0.15) is 0 Å². The fourth-order valence-corrected chi connectivity index (χ4v) is 5.53. The van der Waals surface area contributed by atoms with Crippen molar-refractivity contribution in [2.45, 2.75) is 24.7 Å². The number of hydrogen-bond donors (Lipinski definition) is 2. The molecule has 0 aromatic heterocycles. The van der Waals surface area contributed by atoms with Crippen LogP contribution in [0.15, 0.2) is 53.4 Å². The predicted molar refractivity (Wildman–Crippen MR) is 124 cm³/mol. The van der Waals surface area contributed by atoms with E-state index < -0.39 is 10.0 Å². The summed E-state index contributed by atoms with van der Waals surface area (Å²) in [6.07, 6.45) is 0.839. The SMILES string of the molecule is CC(=O)c1ccc(S(=O)(=O)N2CCC(C(=O)Nc3ccc(N4CCNC4=O)cc3)CC2)cc1. The number of carbonyl (C=O) groups is 3. The highest BCUT2D eigenvalue weighted by molar-refractivity contribution is 7.89. The number of nitrogens with zero attached hydrogens (tertiary/aromatic N) is 2. The Morgan fingerprint density at radius 1 is 0.970 bits per heavy atom. The largest absolute Gasteiger partial charge is 0.336 e. The minimum atomic E-state index is -3.68. The second-order valence-electron chi connectivity index (χ2n) is 8.18. The van der Waals surface area contributed by atoms with Crippen molar-refractivity contribution in [1.82, 2.24) is 9.62 Å². The smallest absolute Gasteiger partial charge is 0.321 e. The molecule has 2 aliphatic heterocycles. The first-order chi connectivity index (χ1) is 15.8. The third-order valence-electron chi connectivity index (χ3n) is 6.03. The number of carbonyl (C=O) groups excluding carboxylic acids is 3. The summed E-state index contributed by atoms with van der Waals surface area (Å²) in [4.78, 5) is 37.6. The molecule has 3 amide bonds. The molecule has 0 aliphatic carbocycles. The molecule has 2 aliphatic rings. The number of Topliss-reactive ketones (excluding diaryl/α,β-unsaturated/α-hetero) is 1. The van der Waals surface area contributed by atoms with E-state index in [1.165, 1.54) is 35.5 Å². The van der Waals surface area contributed by atoms with Crippen LogP contribution in [0.5, 0.6) is 0 Å². The molecule has 2 aromatic carbocycles. The lowest BCUT2D eigenvalue weighted by Crippen LogP contribution is -2.41. The van der Waals surface area contributed by atoms with Crippen LogP contribution in [0.25, 0.3) is 0 Å². The Labute approximate surface area is 192 Å². The molecule has 2 saturated heterocycles. The maximum Gasteiger partial charge on any atom is 0.321 e. The molecule has 0 saturated carbocycles. The van der Waals surface area contributed by atoms with Gasteiger partial charge in [-0.1, -0.05) is 12.1 Å². The molecule has 0 bridgehead atoms. The standard InChI is InChI=1S/C23H26N4O5S/c1-16(28)17-2-8-21(9-3-17)33(31,32)26-13-10-18(11-14-26)22(29)25-19-4-6-20(7-5-19)27-15-12-24-23(27)30/h2-9,18H,10-15H2,1H3,(H,24,30)(H,25,29). The Morgan fingerprint density at radius 2 is 1.61 bits per heavy atom. The van der Waals surface area contributed by atoms with Crippen LogP contribution in [0.1, 0.15) is 30.1 Å². The van der Waals surface area contributed by atoms with Crippen LogP contribution in [0.4, 0.5) is 16.2 Å². The molecular formula is C23H26N4O5S. The van der Waals surface area contributed by atoms with Crippen molar-refractivity contribution in [3.8, 4) is 0 Å². The van der Waals surface area contributed by atoms with Crippen LogP contribution < -0.4 is 15.5 Å². The molecule has 4 rings (SSSR count). The Bertz CT molecular complexity index is 1150. The van der Waals surface area contributed by atoms with Crippen LogP contribution in [0.3, 0.4) is 0 Å². The molecule has 0 spiro atoms. The Hall–Kier alpha value is -3.24. The summed E-state index contributed by atoms with van der Waals surface area (Å²) in [7, 11) is -3.68. The van der Waals surface area contributed by atoms with Crippen molar-refractivity contribution in [3.63, 3.8) is 0 Å². The van der Waals surface area contributed by atoms with Crippen LogP contribution >= 0.6 is 0 Å².